The predicted molar refractivity (Wildman–Crippen MR) is 129 cm³/mol. The van der Waals surface area contributed by atoms with Gasteiger partial charge in [-0.05, 0) is 48.2 Å². The van der Waals surface area contributed by atoms with Crippen LogP contribution in [-0.2, 0) is 16.0 Å². The number of likely N-dealkylation sites (tertiary alicyclic amines) is 1. The third-order valence-corrected chi connectivity index (χ3v) is 5.79. The van der Waals surface area contributed by atoms with Crippen LogP contribution in [0.3, 0.4) is 0 Å². The second-order valence-corrected chi connectivity index (χ2v) is 8.20. The number of hydrogen-bond donors (Lipinski definition) is 2. The van der Waals surface area contributed by atoms with E-state index in [9.17, 15) is 19.8 Å². The minimum absolute atomic E-state index is 0.00342. The average molecular weight is 458 g/mol. The number of phenols is 1. The normalized spacial score (nSPS) is 17.2. The maximum atomic E-state index is 13.2. The first kappa shape index (κ1) is 23.1. The highest BCUT2D eigenvalue weighted by atomic mass is 16.5. The van der Waals surface area contributed by atoms with Gasteiger partial charge in [0.25, 0.3) is 11.7 Å². The van der Waals surface area contributed by atoms with E-state index in [2.05, 4.69) is 0 Å². The number of benzene rings is 3. The fourth-order valence-electron chi connectivity index (χ4n) is 4.15. The number of ketones is 1. The SMILES string of the molecule is CCCOc1cccc(/C(O)=C2\C(=O)C(=O)N(CCc3ccccc3)C2c2cccc(O)c2)c1. The van der Waals surface area contributed by atoms with Crippen LogP contribution >= 0.6 is 0 Å². The zero-order valence-electron chi connectivity index (χ0n) is 19.0. The minimum Gasteiger partial charge on any atom is -0.508 e. The second-order valence-electron chi connectivity index (χ2n) is 8.20. The van der Waals surface area contributed by atoms with Crippen molar-refractivity contribution in [1.29, 1.82) is 0 Å². The Kier molecular flexibility index (Phi) is 6.97. The molecule has 0 aromatic heterocycles. The number of aliphatic hydroxyl groups is 1. The van der Waals surface area contributed by atoms with Gasteiger partial charge in [0.2, 0.25) is 0 Å². The molecule has 3 aromatic rings. The highest BCUT2D eigenvalue weighted by Crippen LogP contribution is 2.40. The smallest absolute Gasteiger partial charge is 0.295 e. The molecule has 3 aromatic carbocycles. The Bertz CT molecular complexity index is 1220. The summed E-state index contributed by atoms with van der Waals surface area (Å²) in [6, 6.07) is 22.1. The molecule has 6 heteroatoms. The van der Waals surface area contributed by atoms with E-state index in [0.29, 0.717) is 29.9 Å². The molecule has 174 valence electrons. The van der Waals surface area contributed by atoms with Crippen LogP contribution < -0.4 is 4.74 Å². The van der Waals surface area contributed by atoms with E-state index in [1.807, 2.05) is 37.3 Å². The first-order valence-electron chi connectivity index (χ1n) is 11.3. The summed E-state index contributed by atoms with van der Waals surface area (Å²) in [4.78, 5) is 27.7. The fraction of sp³-hybridized carbons (Fsp3) is 0.214. The molecule has 1 heterocycles. The second kappa shape index (κ2) is 10.3. The highest BCUT2D eigenvalue weighted by molar-refractivity contribution is 6.46. The predicted octanol–water partition coefficient (Wildman–Crippen LogP) is 4.85. The third kappa shape index (κ3) is 4.81. The lowest BCUT2D eigenvalue weighted by molar-refractivity contribution is -0.139. The van der Waals surface area contributed by atoms with Gasteiger partial charge in [-0.1, -0.05) is 61.5 Å². The van der Waals surface area contributed by atoms with Crippen LogP contribution in [-0.4, -0.2) is 40.0 Å². The quantitative estimate of drug-likeness (QED) is 0.287. The Hall–Kier alpha value is -4.06. The van der Waals surface area contributed by atoms with Crippen molar-refractivity contribution < 1.29 is 24.5 Å². The van der Waals surface area contributed by atoms with Gasteiger partial charge in [0, 0.05) is 12.1 Å². The van der Waals surface area contributed by atoms with Crippen molar-refractivity contribution in [3.8, 4) is 11.5 Å². The lowest BCUT2D eigenvalue weighted by Gasteiger charge is -2.25. The number of carbonyl (C=O) groups excluding carboxylic acids is 2. The van der Waals surface area contributed by atoms with Gasteiger partial charge in [0.1, 0.15) is 17.3 Å². The zero-order valence-corrected chi connectivity index (χ0v) is 19.0. The lowest BCUT2D eigenvalue weighted by Crippen LogP contribution is -2.31. The number of nitrogens with zero attached hydrogens (tertiary/aromatic N) is 1. The summed E-state index contributed by atoms with van der Waals surface area (Å²) in [5.74, 6) is -1.11. The first-order chi connectivity index (χ1) is 16.5. The molecule has 2 N–H and O–H groups in total. The van der Waals surface area contributed by atoms with Crippen LogP contribution in [0.25, 0.3) is 5.76 Å². The van der Waals surface area contributed by atoms with Gasteiger partial charge in [0.05, 0.1) is 18.2 Å². The number of hydrogen-bond acceptors (Lipinski definition) is 5. The Morgan fingerprint density at radius 1 is 0.971 bits per heavy atom. The largest absolute Gasteiger partial charge is 0.508 e. The molecule has 1 aliphatic heterocycles. The summed E-state index contributed by atoms with van der Waals surface area (Å²) in [6.07, 6.45) is 1.38. The molecule has 34 heavy (non-hydrogen) atoms. The molecule has 0 aliphatic carbocycles. The monoisotopic (exact) mass is 457 g/mol. The topological polar surface area (TPSA) is 87.1 Å². The van der Waals surface area contributed by atoms with Crippen LogP contribution in [0.1, 0.15) is 36.1 Å². The Morgan fingerprint density at radius 2 is 1.74 bits per heavy atom. The molecule has 0 spiro atoms. The summed E-state index contributed by atoms with van der Waals surface area (Å²) in [6.45, 7) is 2.80. The lowest BCUT2D eigenvalue weighted by atomic mass is 9.95. The molecule has 0 saturated carbocycles. The number of phenolic OH excluding ortho intramolecular Hbond substituents is 1. The maximum Gasteiger partial charge on any atom is 0.295 e. The molecule has 1 fully saturated rings. The van der Waals surface area contributed by atoms with Crippen LogP contribution in [0.5, 0.6) is 11.5 Å². The van der Waals surface area contributed by atoms with Gasteiger partial charge in [-0.25, -0.2) is 0 Å². The van der Waals surface area contributed by atoms with Crippen molar-refractivity contribution in [3.63, 3.8) is 0 Å². The summed E-state index contributed by atoms with van der Waals surface area (Å²) in [7, 11) is 0. The van der Waals surface area contributed by atoms with Crippen molar-refractivity contribution in [3.05, 3.63) is 101 Å². The Labute approximate surface area is 198 Å². The van der Waals surface area contributed by atoms with Crippen molar-refractivity contribution in [2.75, 3.05) is 13.2 Å². The molecule has 1 aliphatic rings. The highest BCUT2D eigenvalue weighted by Gasteiger charge is 2.45. The molecule has 1 unspecified atom stereocenters. The number of carbonyl (C=O) groups is 2. The van der Waals surface area contributed by atoms with Crippen LogP contribution in [0.4, 0.5) is 0 Å². The standard InChI is InChI=1S/C28H27NO5/c1-2-16-34-23-13-7-11-21(18-23)26(31)24-25(20-10-6-12-22(30)17-20)29(28(33)27(24)32)15-14-19-8-4-3-5-9-19/h3-13,17-18,25,30-31H,2,14-16H2,1H3/b26-24+. The Balaban J connectivity index is 1.76. The van der Waals surface area contributed by atoms with Crippen molar-refractivity contribution >= 4 is 17.4 Å². The molecule has 0 bridgehead atoms. The number of rotatable bonds is 8. The van der Waals surface area contributed by atoms with E-state index in [1.165, 1.54) is 17.0 Å². The van der Waals surface area contributed by atoms with Crippen molar-refractivity contribution in [1.82, 2.24) is 4.90 Å². The Morgan fingerprint density at radius 3 is 2.47 bits per heavy atom. The van der Waals surface area contributed by atoms with E-state index < -0.39 is 17.7 Å². The van der Waals surface area contributed by atoms with Gasteiger partial charge in [0.15, 0.2) is 0 Å². The molecular weight excluding hydrogens is 430 g/mol. The van der Waals surface area contributed by atoms with E-state index in [0.717, 1.165) is 12.0 Å². The molecule has 0 radical (unpaired) electrons. The molecule has 1 atom stereocenters. The van der Waals surface area contributed by atoms with E-state index in [1.54, 1.807) is 36.4 Å². The first-order valence-corrected chi connectivity index (χ1v) is 11.3. The molecule has 4 rings (SSSR count). The van der Waals surface area contributed by atoms with Crippen LogP contribution in [0.15, 0.2) is 84.4 Å². The van der Waals surface area contributed by atoms with Crippen LogP contribution in [0, 0.1) is 0 Å². The van der Waals surface area contributed by atoms with Crippen molar-refractivity contribution in [2.24, 2.45) is 0 Å². The summed E-state index contributed by atoms with van der Waals surface area (Å²) >= 11 is 0. The van der Waals surface area contributed by atoms with E-state index in [4.69, 9.17) is 4.74 Å². The van der Waals surface area contributed by atoms with Gasteiger partial charge in [-0.3, -0.25) is 9.59 Å². The molecule has 6 nitrogen and oxygen atoms in total. The van der Waals surface area contributed by atoms with Crippen LogP contribution in [0.2, 0.25) is 0 Å². The summed E-state index contributed by atoms with van der Waals surface area (Å²) in [5.41, 5.74) is 1.96. The zero-order chi connectivity index (χ0) is 24.1. The number of Topliss-reactive ketones (excluding diaryl/α,β-unsaturated/α-hetero) is 1. The average Bonchev–Trinajstić information content (AvgIpc) is 3.11. The van der Waals surface area contributed by atoms with E-state index in [-0.39, 0.29) is 23.6 Å². The molecule has 1 amide bonds. The van der Waals surface area contributed by atoms with Gasteiger partial charge in [-0.2, -0.15) is 0 Å². The minimum atomic E-state index is -0.823. The third-order valence-electron chi connectivity index (χ3n) is 5.79. The van der Waals surface area contributed by atoms with Crippen molar-refractivity contribution in [2.45, 2.75) is 25.8 Å². The molecular formula is C28H27NO5. The summed E-state index contributed by atoms with van der Waals surface area (Å²) < 4.78 is 5.66. The number of amides is 1. The van der Waals surface area contributed by atoms with Gasteiger partial charge < -0.3 is 19.8 Å². The molecule has 1 saturated heterocycles. The number of aromatic hydroxyl groups is 1. The van der Waals surface area contributed by atoms with Gasteiger partial charge >= 0.3 is 0 Å². The number of ether oxygens (including phenoxy) is 1. The maximum absolute atomic E-state index is 13.2. The summed E-state index contributed by atoms with van der Waals surface area (Å²) in [5, 5.41) is 21.3. The fourth-order valence-corrected chi connectivity index (χ4v) is 4.15. The van der Waals surface area contributed by atoms with Gasteiger partial charge in [-0.15, -0.1) is 0 Å². The van der Waals surface area contributed by atoms with E-state index >= 15 is 0 Å². The number of aliphatic hydroxyl groups excluding tert-OH is 1.